The highest BCUT2D eigenvalue weighted by atomic mass is 16.7. The minimum absolute atomic E-state index is 0.0584. The number of benzene rings is 1. The summed E-state index contributed by atoms with van der Waals surface area (Å²) in [5, 5.41) is 30.5. The van der Waals surface area contributed by atoms with Gasteiger partial charge in [-0.1, -0.05) is 19.4 Å². The van der Waals surface area contributed by atoms with E-state index in [4.69, 9.17) is 15.2 Å². The highest BCUT2D eigenvalue weighted by Gasteiger charge is 2.47. The van der Waals surface area contributed by atoms with Gasteiger partial charge >= 0.3 is 5.97 Å². The Bertz CT molecular complexity index is 1090. The van der Waals surface area contributed by atoms with Crippen LogP contribution in [-0.4, -0.2) is 87.1 Å². The van der Waals surface area contributed by atoms with Gasteiger partial charge in [0, 0.05) is 56.8 Å². The summed E-state index contributed by atoms with van der Waals surface area (Å²) in [6, 6.07) is 7.70. The molecule has 4 rings (SSSR count). The number of carboxylic acid groups (broad SMARTS) is 1. The maximum Gasteiger partial charge on any atom is 0.308 e. The number of amides is 1. The van der Waals surface area contributed by atoms with Gasteiger partial charge in [-0.3, -0.25) is 19.1 Å². The van der Waals surface area contributed by atoms with Crippen LogP contribution in [0.15, 0.2) is 30.3 Å². The second-order valence-electron chi connectivity index (χ2n) is 9.59. The van der Waals surface area contributed by atoms with Gasteiger partial charge in [0.2, 0.25) is 12.7 Å². The van der Waals surface area contributed by atoms with Gasteiger partial charge in [0.1, 0.15) is 0 Å². The number of carbonyl (C=O) groups excluding carboxylic acids is 1. The quantitative estimate of drug-likeness (QED) is 0.331. The number of nitrogens with zero attached hydrogens (tertiary/aromatic N) is 3. The Kier molecular flexibility index (Phi) is 8.45. The molecule has 3 atom stereocenters. The van der Waals surface area contributed by atoms with E-state index in [1.165, 1.54) is 16.7 Å². The molecule has 0 aliphatic carbocycles. The number of fused-ring (bicyclic) bond motifs is 1. The highest BCUT2D eigenvalue weighted by Crippen LogP contribution is 2.43. The molecular weight excluding hydrogens is 480 g/mol. The number of hydrogen-bond donors (Lipinski definition) is 4. The zero-order chi connectivity index (χ0) is 26.5. The molecule has 202 valence electrons. The van der Waals surface area contributed by atoms with E-state index in [1.54, 1.807) is 11.0 Å². The van der Waals surface area contributed by atoms with Crippen LogP contribution in [0, 0.1) is 5.92 Å². The number of unbranched alkanes of at least 4 members (excludes halogenated alkanes) is 1. The number of hydrogen-bond acceptors (Lipinski definition) is 8. The summed E-state index contributed by atoms with van der Waals surface area (Å²) in [4.78, 5) is 29.6. The maximum atomic E-state index is 13.3. The third-order valence-corrected chi connectivity index (χ3v) is 7.31. The average molecular weight is 517 g/mol. The molecule has 11 nitrogen and oxygen atoms in total. The summed E-state index contributed by atoms with van der Waals surface area (Å²) in [5.74, 6) is -1.29. The third kappa shape index (κ3) is 5.78. The predicted octanol–water partition coefficient (Wildman–Crippen LogP) is 1.77. The van der Waals surface area contributed by atoms with Gasteiger partial charge in [0.25, 0.3) is 0 Å². The van der Waals surface area contributed by atoms with Crippen LogP contribution in [0.1, 0.15) is 37.7 Å². The molecular formula is C26H36N4O7. The summed E-state index contributed by atoms with van der Waals surface area (Å²) >= 11 is 0. The number of ether oxygens (including phenoxy) is 2. The van der Waals surface area contributed by atoms with Crippen molar-refractivity contribution < 1.29 is 34.4 Å². The number of likely N-dealkylation sites (tertiary alicyclic amines) is 1. The molecule has 37 heavy (non-hydrogen) atoms. The second-order valence-corrected chi connectivity index (χ2v) is 9.59. The van der Waals surface area contributed by atoms with Gasteiger partial charge in [-0.15, -0.1) is 0 Å². The molecule has 3 heterocycles. The number of nitrogens with two attached hydrogens (primary N) is 1. The number of aromatic hydroxyl groups is 2. The molecule has 1 aromatic carbocycles. The molecule has 2 aromatic rings. The van der Waals surface area contributed by atoms with E-state index in [0.29, 0.717) is 44.1 Å². The van der Waals surface area contributed by atoms with Crippen molar-refractivity contribution in [2.45, 2.75) is 44.7 Å². The Hall–Kier alpha value is -3.44. The van der Waals surface area contributed by atoms with Gasteiger partial charge in [-0.05, 0) is 30.5 Å². The van der Waals surface area contributed by atoms with Crippen molar-refractivity contribution in [1.82, 2.24) is 14.4 Å². The zero-order valence-corrected chi connectivity index (χ0v) is 21.1. The van der Waals surface area contributed by atoms with E-state index in [-0.39, 0.29) is 37.5 Å². The fourth-order valence-corrected chi connectivity index (χ4v) is 5.41. The van der Waals surface area contributed by atoms with E-state index in [9.17, 15) is 24.9 Å². The lowest BCUT2D eigenvalue weighted by molar-refractivity contribution is -0.143. The number of aliphatic carboxylic acids is 1. The summed E-state index contributed by atoms with van der Waals surface area (Å²) in [6.07, 6.45) is 2.11. The summed E-state index contributed by atoms with van der Waals surface area (Å²) < 4.78 is 12.3. The van der Waals surface area contributed by atoms with Gasteiger partial charge < -0.3 is 35.4 Å². The van der Waals surface area contributed by atoms with Crippen LogP contribution in [0.5, 0.6) is 23.3 Å². The molecule has 11 heteroatoms. The molecule has 0 spiro atoms. The molecule has 2 aliphatic rings. The van der Waals surface area contributed by atoms with Crippen LogP contribution in [-0.2, 0) is 16.1 Å². The molecule has 1 fully saturated rings. The minimum Gasteiger partial charge on any atom is -0.494 e. The fraction of sp³-hybridized carbons (Fsp3) is 0.538. The monoisotopic (exact) mass is 516 g/mol. The van der Waals surface area contributed by atoms with Crippen molar-refractivity contribution in [2.24, 2.45) is 11.7 Å². The Morgan fingerprint density at radius 3 is 2.51 bits per heavy atom. The van der Waals surface area contributed by atoms with E-state index in [1.807, 2.05) is 17.0 Å². The van der Waals surface area contributed by atoms with Gasteiger partial charge in [-0.2, -0.15) is 0 Å². The van der Waals surface area contributed by atoms with Gasteiger partial charge in [0.05, 0.1) is 12.5 Å². The van der Waals surface area contributed by atoms with Crippen LogP contribution < -0.4 is 15.2 Å². The van der Waals surface area contributed by atoms with Crippen LogP contribution in [0.3, 0.4) is 0 Å². The van der Waals surface area contributed by atoms with Crippen molar-refractivity contribution in [1.29, 1.82) is 0 Å². The van der Waals surface area contributed by atoms with E-state index < -0.39 is 23.8 Å². The van der Waals surface area contributed by atoms with Crippen LogP contribution in [0.25, 0.3) is 0 Å². The smallest absolute Gasteiger partial charge is 0.308 e. The lowest BCUT2D eigenvalue weighted by Gasteiger charge is -2.29. The molecule has 5 N–H and O–H groups in total. The largest absolute Gasteiger partial charge is 0.494 e. The average Bonchev–Trinajstić information content (AvgIpc) is 3.57. The second kappa shape index (κ2) is 11.7. The molecule has 0 unspecified atom stereocenters. The van der Waals surface area contributed by atoms with Crippen LogP contribution in [0.4, 0.5) is 0 Å². The number of carboxylic acids is 1. The van der Waals surface area contributed by atoms with E-state index in [0.717, 1.165) is 18.4 Å². The molecule has 0 bridgehead atoms. The van der Waals surface area contributed by atoms with Crippen molar-refractivity contribution in [2.75, 3.05) is 39.5 Å². The molecule has 2 aliphatic heterocycles. The Morgan fingerprint density at radius 2 is 1.84 bits per heavy atom. The molecule has 0 saturated carbocycles. The normalized spacial score (nSPS) is 20.9. The third-order valence-electron chi connectivity index (χ3n) is 7.31. The first kappa shape index (κ1) is 26.6. The number of rotatable bonds is 12. The van der Waals surface area contributed by atoms with Crippen LogP contribution >= 0.6 is 0 Å². The number of carbonyl (C=O) groups is 2. The molecule has 1 amide bonds. The lowest BCUT2D eigenvalue weighted by atomic mass is 9.84. The van der Waals surface area contributed by atoms with Crippen molar-refractivity contribution in [3.63, 3.8) is 0 Å². The van der Waals surface area contributed by atoms with Crippen molar-refractivity contribution in [3.05, 3.63) is 35.9 Å². The Labute approximate surface area is 216 Å². The summed E-state index contributed by atoms with van der Waals surface area (Å²) in [6.45, 7) is 4.18. The molecule has 1 saturated heterocycles. The first-order valence-electron chi connectivity index (χ1n) is 12.8. The lowest BCUT2D eigenvalue weighted by Crippen LogP contribution is -2.46. The number of aromatic nitrogens is 1. The predicted molar refractivity (Wildman–Crippen MR) is 135 cm³/mol. The summed E-state index contributed by atoms with van der Waals surface area (Å²) in [7, 11) is 0. The Balaban J connectivity index is 1.61. The first-order valence-corrected chi connectivity index (χ1v) is 12.8. The van der Waals surface area contributed by atoms with E-state index in [2.05, 4.69) is 6.92 Å². The van der Waals surface area contributed by atoms with E-state index >= 15 is 0 Å². The van der Waals surface area contributed by atoms with Crippen molar-refractivity contribution in [3.8, 4) is 23.3 Å². The summed E-state index contributed by atoms with van der Waals surface area (Å²) in [5.41, 5.74) is 6.55. The molecule has 1 aromatic heterocycles. The zero-order valence-electron chi connectivity index (χ0n) is 21.1. The minimum atomic E-state index is -0.964. The maximum absolute atomic E-state index is 13.3. The first-order chi connectivity index (χ1) is 17.8. The fourth-order valence-electron chi connectivity index (χ4n) is 5.41. The van der Waals surface area contributed by atoms with Crippen LogP contribution in [0.2, 0.25) is 0 Å². The van der Waals surface area contributed by atoms with Gasteiger partial charge in [-0.25, -0.2) is 0 Å². The Morgan fingerprint density at radius 1 is 1.11 bits per heavy atom. The topological polar surface area (TPSA) is 151 Å². The molecule has 0 radical (unpaired) electrons. The standard InChI is InChI=1S/C26H36N4O7/c1-2-3-10-28(12-9-27)24(33)15-29-14-18(17-4-5-20-21(13-17)37-16-36-20)25(26(34)35)19(29)8-11-30-22(31)6-7-23(30)32/h4-7,13,18-19,25,31-32H,2-3,8-12,14-16,27H2,1H3,(H,34,35)/t18-,19+,25-/m1/s1. The SMILES string of the molecule is CCCCN(CCN)C(=O)CN1C[C@H](c2ccc3c(c2)OCO3)[C@@H](C(=O)O)[C@@H]1CCn1c(O)ccc1O. The highest BCUT2D eigenvalue weighted by molar-refractivity contribution is 5.79. The van der Waals surface area contributed by atoms with Gasteiger partial charge in [0.15, 0.2) is 23.3 Å². The van der Waals surface area contributed by atoms with Crippen molar-refractivity contribution >= 4 is 11.9 Å².